The normalized spacial score (nSPS) is 12.2. The Morgan fingerprint density at radius 1 is 1.22 bits per heavy atom. The number of thiophene rings is 1. The second-order valence-electron chi connectivity index (χ2n) is 3.62. The highest BCUT2D eigenvalue weighted by atomic mass is 35.5. The Bertz CT molecular complexity index is 525. The van der Waals surface area contributed by atoms with Crippen molar-refractivity contribution in [1.82, 2.24) is 0 Å². The predicted molar refractivity (Wildman–Crippen MR) is 72.9 cm³/mol. The Hall–Kier alpha value is -1.23. The summed E-state index contributed by atoms with van der Waals surface area (Å²) >= 11 is 7.72. The van der Waals surface area contributed by atoms with E-state index in [1.54, 1.807) is 19.2 Å². The maximum Gasteiger partial charge on any atom is 0.179 e. The highest BCUT2D eigenvalue weighted by molar-refractivity contribution is 7.10. The van der Waals surface area contributed by atoms with Gasteiger partial charge in [-0.05, 0) is 17.5 Å². The zero-order valence-corrected chi connectivity index (χ0v) is 11.6. The van der Waals surface area contributed by atoms with Gasteiger partial charge in [-0.1, -0.05) is 23.7 Å². The lowest BCUT2D eigenvalue weighted by Crippen LogP contribution is -2.01. The molecule has 3 nitrogen and oxygen atoms in total. The minimum Gasteiger partial charge on any atom is -0.493 e. The van der Waals surface area contributed by atoms with Gasteiger partial charge in [-0.25, -0.2) is 0 Å². The Morgan fingerprint density at radius 2 is 2.00 bits per heavy atom. The first-order valence-corrected chi connectivity index (χ1v) is 6.56. The van der Waals surface area contributed by atoms with E-state index in [9.17, 15) is 5.11 Å². The van der Waals surface area contributed by atoms with E-state index in [0.29, 0.717) is 22.1 Å². The second-order valence-corrected chi connectivity index (χ2v) is 4.98. The third-order valence-corrected chi connectivity index (χ3v) is 3.94. The molecule has 1 aromatic carbocycles. The summed E-state index contributed by atoms with van der Waals surface area (Å²) in [5.74, 6) is 0.983. The number of hydrogen-bond donors (Lipinski definition) is 1. The fourth-order valence-corrected chi connectivity index (χ4v) is 2.78. The Balaban J connectivity index is 2.46. The minimum absolute atomic E-state index is 0.373. The summed E-state index contributed by atoms with van der Waals surface area (Å²) in [5, 5.41) is 12.6. The molecular weight excluding hydrogens is 272 g/mol. The maximum absolute atomic E-state index is 10.3. The van der Waals surface area contributed by atoms with Crippen molar-refractivity contribution in [2.75, 3.05) is 14.2 Å². The molecule has 0 spiro atoms. The van der Waals surface area contributed by atoms with Crippen LogP contribution in [0.1, 0.15) is 16.5 Å². The van der Waals surface area contributed by atoms with Crippen LogP contribution < -0.4 is 9.47 Å². The first-order chi connectivity index (χ1) is 8.69. The van der Waals surface area contributed by atoms with Gasteiger partial charge in [-0.2, -0.15) is 0 Å². The summed E-state index contributed by atoms with van der Waals surface area (Å²) in [4.78, 5) is 0.837. The summed E-state index contributed by atoms with van der Waals surface area (Å²) in [6.45, 7) is 0. The molecule has 0 bridgehead atoms. The lowest BCUT2D eigenvalue weighted by molar-refractivity contribution is 0.223. The van der Waals surface area contributed by atoms with Crippen molar-refractivity contribution >= 4 is 22.9 Å². The van der Waals surface area contributed by atoms with Crippen LogP contribution in [0, 0.1) is 0 Å². The molecule has 1 unspecified atom stereocenters. The SMILES string of the molecule is COc1ccc(C(O)c2cccs2)c(Cl)c1OC. The Morgan fingerprint density at radius 3 is 2.56 bits per heavy atom. The molecule has 2 aromatic rings. The van der Waals surface area contributed by atoms with Gasteiger partial charge < -0.3 is 14.6 Å². The van der Waals surface area contributed by atoms with Gasteiger partial charge in [0, 0.05) is 10.4 Å². The molecule has 1 N–H and O–H groups in total. The van der Waals surface area contributed by atoms with Gasteiger partial charge >= 0.3 is 0 Å². The standard InChI is InChI=1S/C13H13ClO3S/c1-16-9-6-5-8(11(14)13(9)17-2)12(15)10-4-3-7-18-10/h3-7,12,15H,1-2H3. The molecule has 2 rings (SSSR count). The van der Waals surface area contributed by atoms with Crippen LogP contribution in [-0.2, 0) is 0 Å². The van der Waals surface area contributed by atoms with Crippen molar-refractivity contribution < 1.29 is 14.6 Å². The molecule has 1 aromatic heterocycles. The van der Waals surface area contributed by atoms with Crippen molar-refractivity contribution in [3.8, 4) is 11.5 Å². The molecule has 0 aliphatic carbocycles. The molecular formula is C13H13ClO3S. The van der Waals surface area contributed by atoms with E-state index in [0.717, 1.165) is 4.88 Å². The van der Waals surface area contributed by atoms with Gasteiger partial charge in [0.1, 0.15) is 6.10 Å². The Labute approximate surface area is 115 Å². The zero-order valence-electron chi connectivity index (χ0n) is 10.0. The summed E-state index contributed by atoms with van der Waals surface area (Å²) in [6.07, 6.45) is -0.752. The van der Waals surface area contributed by atoms with Crippen molar-refractivity contribution in [2.24, 2.45) is 0 Å². The number of hydrogen-bond acceptors (Lipinski definition) is 4. The molecule has 0 saturated carbocycles. The number of benzene rings is 1. The van der Waals surface area contributed by atoms with Crippen LogP contribution >= 0.6 is 22.9 Å². The molecule has 0 amide bonds. The van der Waals surface area contributed by atoms with Crippen LogP contribution in [0.15, 0.2) is 29.6 Å². The Kier molecular flexibility index (Phi) is 4.11. The fourth-order valence-electron chi connectivity index (χ4n) is 1.72. The van der Waals surface area contributed by atoms with Crippen LogP contribution in [0.4, 0.5) is 0 Å². The van der Waals surface area contributed by atoms with E-state index in [1.165, 1.54) is 18.4 Å². The van der Waals surface area contributed by atoms with Crippen molar-refractivity contribution in [2.45, 2.75) is 6.10 Å². The minimum atomic E-state index is -0.752. The van der Waals surface area contributed by atoms with Crippen LogP contribution in [-0.4, -0.2) is 19.3 Å². The van der Waals surface area contributed by atoms with Crippen molar-refractivity contribution in [1.29, 1.82) is 0 Å². The quantitative estimate of drug-likeness (QED) is 0.934. The van der Waals surface area contributed by atoms with Crippen LogP contribution in [0.25, 0.3) is 0 Å². The molecule has 96 valence electrons. The molecule has 1 atom stereocenters. The summed E-state index contributed by atoms with van der Waals surface area (Å²) < 4.78 is 10.4. The molecule has 18 heavy (non-hydrogen) atoms. The second kappa shape index (κ2) is 5.61. The summed E-state index contributed by atoms with van der Waals surface area (Å²) in [5.41, 5.74) is 0.608. The largest absolute Gasteiger partial charge is 0.493 e. The zero-order chi connectivity index (χ0) is 13.1. The van der Waals surface area contributed by atoms with Gasteiger partial charge in [0.25, 0.3) is 0 Å². The van der Waals surface area contributed by atoms with Crippen molar-refractivity contribution in [3.05, 3.63) is 45.1 Å². The average Bonchev–Trinajstić information content (AvgIpc) is 2.91. The molecule has 1 heterocycles. The summed E-state index contributed by atoms with van der Waals surface area (Å²) in [7, 11) is 3.06. The number of methoxy groups -OCH3 is 2. The smallest absolute Gasteiger partial charge is 0.179 e. The van der Waals surface area contributed by atoms with Gasteiger partial charge in [-0.15, -0.1) is 11.3 Å². The number of aliphatic hydroxyl groups is 1. The van der Waals surface area contributed by atoms with E-state index < -0.39 is 6.10 Å². The van der Waals surface area contributed by atoms with Crippen LogP contribution in [0.2, 0.25) is 5.02 Å². The van der Waals surface area contributed by atoms with E-state index >= 15 is 0 Å². The third-order valence-electron chi connectivity index (χ3n) is 2.62. The van der Waals surface area contributed by atoms with Crippen LogP contribution in [0.5, 0.6) is 11.5 Å². The van der Waals surface area contributed by atoms with Crippen molar-refractivity contribution in [3.63, 3.8) is 0 Å². The van der Waals surface area contributed by atoms with E-state index in [-0.39, 0.29) is 0 Å². The molecule has 0 radical (unpaired) electrons. The van der Waals surface area contributed by atoms with E-state index in [2.05, 4.69) is 0 Å². The number of aliphatic hydroxyl groups excluding tert-OH is 1. The molecule has 0 saturated heterocycles. The fraction of sp³-hybridized carbons (Fsp3) is 0.231. The van der Waals surface area contributed by atoms with Gasteiger partial charge in [0.2, 0.25) is 0 Å². The topological polar surface area (TPSA) is 38.7 Å². The molecule has 0 aliphatic rings. The lowest BCUT2D eigenvalue weighted by Gasteiger charge is -2.15. The van der Waals surface area contributed by atoms with Gasteiger partial charge in [0.05, 0.1) is 19.2 Å². The third kappa shape index (κ3) is 2.32. The number of rotatable bonds is 4. The summed E-state index contributed by atoms with van der Waals surface area (Å²) in [6, 6.07) is 7.23. The molecule has 5 heteroatoms. The highest BCUT2D eigenvalue weighted by Crippen LogP contribution is 2.41. The number of halogens is 1. The van der Waals surface area contributed by atoms with Crippen LogP contribution in [0.3, 0.4) is 0 Å². The van der Waals surface area contributed by atoms with Gasteiger partial charge in [-0.3, -0.25) is 0 Å². The van der Waals surface area contributed by atoms with E-state index in [4.69, 9.17) is 21.1 Å². The average molecular weight is 285 g/mol. The first-order valence-electron chi connectivity index (χ1n) is 5.31. The maximum atomic E-state index is 10.3. The van der Waals surface area contributed by atoms with Gasteiger partial charge in [0.15, 0.2) is 11.5 Å². The predicted octanol–water partition coefficient (Wildman–Crippen LogP) is 3.50. The molecule has 0 fully saturated rings. The highest BCUT2D eigenvalue weighted by Gasteiger charge is 2.20. The lowest BCUT2D eigenvalue weighted by atomic mass is 10.1. The van der Waals surface area contributed by atoms with E-state index in [1.807, 2.05) is 17.5 Å². The molecule has 0 aliphatic heterocycles. The first kappa shape index (κ1) is 13.2. The number of ether oxygens (including phenoxy) is 2. The monoisotopic (exact) mass is 284 g/mol.